The van der Waals surface area contributed by atoms with Crippen molar-refractivity contribution < 1.29 is 14.3 Å². The van der Waals surface area contributed by atoms with E-state index < -0.39 is 0 Å². The van der Waals surface area contributed by atoms with E-state index in [1.807, 2.05) is 32.3 Å². The van der Waals surface area contributed by atoms with Crippen molar-refractivity contribution in [1.29, 1.82) is 0 Å². The van der Waals surface area contributed by atoms with Crippen LogP contribution < -0.4 is 20.1 Å². The second-order valence-corrected chi connectivity index (χ2v) is 4.96. The fourth-order valence-corrected chi connectivity index (χ4v) is 1.83. The summed E-state index contributed by atoms with van der Waals surface area (Å²) in [4.78, 5) is 13.7. The number of methoxy groups -OCH3 is 2. The van der Waals surface area contributed by atoms with Gasteiger partial charge in [-0.15, -0.1) is 0 Å². The van der Waals surface area contributed by atoms with Crippen molar-refractivity contribution in [2.75, 3.05) is 41.4 Å². The molecule has 0 aliphatic carbocycles. The zero-order valence-corrected chi connectivity index (χ0v) is 13.2. The maximum Gasteiger partial charge on any atom is 0.315 e. The zero-order chi connectivity index (χ0) is 15.7. The van der Waals surface area contributed by atoms with Gasteiger partial charge in [0.2, 0.25) is 0 Å². The first-order chi connectivity index (χ1) is 10.1. The van der Waals surface area contributed by atoms with Gasteiger partial charge in [0.15, 0.2) is 11.5 Å². The molecule has 2 amide bonds. The van der Waals surface area contributed by atoms with Crippen molar-refractivity contribution in [2.24, 2.45) is 0 Å². The number of nitrogens with zero attached hydrogens (tertiary/aromatic N) is 1. The number of hydrogen-bond acceptors (Lipinski definition) is 4. The Morgan fingerprint density at radius 2 is 1.86 bits per heavy atom. The third-order valence-electron chi connectivity index (χ3n) is 2.97. The van der Waals surface area contributed by atoms with Crippen LogP contribution in [0.5, 0.6) is 11.5 Å². The number of ether oxygens (including phenoxy) is 2. The molecule has 0 fully saturated rings. The average molecular weight is 295 g/mol. The van der Waals surface area contributed by atoms with E-state index in [-0.39, 0.29) is 6.03 Å². The van der Waals surface area contributed by atoms with E-state index in [0.29, 0.717) is 24.6 Å². The first-order valence-electron chi connectivity index (χ1n) is 6.94. The first kappa shape index (κ1) is 17.1. The van der Waals surface area contributed by atoms with Crippen LogP contribution in [-0.4, -0.2) is 52.3 Å². The van der Waals surface area contributed by atoms with Gasteiger partial charge in [-0.3, -0.25) is 0 Å². The summed E-state index contributed by atoms with van der Waals surface area (Å²) < 4.78 is 10.4. The maximum absolute atomic E-state index is 11.6. The van der Waals surface area contributed by atoms with Crippen LogP contribution in [-0.2, 0) is 6.54 Å². The predicted molar refractivity (Wildman–Crippen MR) is 83.0 cm³/mol. The molecule has 2 N–H and O–H groups in total. The van der Waals surface area contributed by atoms with Gasteiger partial charge in [0, 0.05) is 13.1 Å². The van der Waals surface area contributed by atoms with E-state index in [0.717, 1.165) is 18.5 Å². The van der Waals surface area contributed by atoms with Crippen LogP contribution in [0.15, 0.2) is 18.2 Å². The van der Waals surface area contributed by atoms with Crippen molar-refractivity contribution in [1.82, 2.24) is 15.5 Å². The molecule has 0 unspecified atom stereocenters. The van der Waals surface area contributed by atoms with Gasteiger partial charge in [-0.2, -0.15) is 0 Å². The number of rotatable bonds is 8. The van der Waals surface area contributed by atoms with Gasteiger partial charge in [0.05, 0.1) is 14.2 Å². The lowest BCUT2D eigenvalue weighted by Gasteiger charge is -2.12. The molecule has 6 nitrogen and oxygen atoms in total. The predicted octanol–water partition coefficient (Wildman–Crippen LogP) is 1.45. The first-order valence-corrected chi connectivity index (χ1v) is 6.94. The Morgan fingerprint density at radius 1 is 1.14 bits per heavy atom. The third kappa shape index (κ3) is 6.35. The standard InChI is InChI=1S/C15H25N3O3/c1-18(2)9-5-8-16-15(19)17-11-12-6-7-13(20-3)14(10-12)21-4/h6-7,10H,5,8-9,11H2,1-4H3,(H2,16,17,19). The number of amides is 2. The monoisotopic (exact) mass is 295 g/mol. The van der Waals surface area contributed by atoms with Crippen LogP contribution >= 0.6 is 0 Å². The Balaban J connectivity index is 2.36. The molecule has 0 saturated heterocycles. The molecule has 21 heavy (non-hydrogen) atoms. The molecular weight excluding hydrogens is 270 g/mol. The normalized spacial score (nSPS) is 10.3. The van der Waals surface area contributed by atoms with E-state index in [1.54, 1.807) is 14.2 Å². The van der Waals surface area contributed by atoms with Gasteiger partial charge < -0.3 is 25.0 Å². The van der Waals surface area contributed by atoms with Crippen LogP contribution in [0.4, 0.5) is 4.79 Å². The fraction of sp³-hybridized carbons (Fsp3) is 0.533. The summed E-state index contributed by atoms with van der Waals surface area (Å²) in [6.45, 7) is 2.06. The molecule has 0 bridgehead atoms. The number of benzene rings is 1. The Hall–Kier alpha value is -1.95. The lowest BCUT2D eigenvalue weighted by atomic mass is 10.2. The van der Waals surface area contributed by atoms with Crippen molar-refractivity contribution in [3.63, 3.8) is 0 Å². The summed E-state index contributed by atoms with van der Waals surface area (Å²) in [5.41, 5.74) is 0.955. The van der Waals surface area contributed by atoms with Gasteiger partial charge >= 0.3 is 6.03 Å². The highest BCUT2D eigenvalue weighted by atomic mass is 16.5. The molecule has 0 aromatic heterocycles. The van der Waals surface area contributed by atoms with Crippen molar-refractivity contribution in [2.45, 2.75) is 13.0 Å². The third-order valence-corrected chi connectivity index (χ3v) is 2.97. The van der Waals surface area contributed by atoms with E-state index in [4.69, 9.17) is 9.47 Å². The molecule has 0 aliphatic rings. The molecule has 1 aromatic rings. The summed E-state index contributed by atoms with van der Waals surface area (Å²) in [5, 5.41) is 5.64. The van der Waals surface area contributed by atoms with Crippen molar-refractivity contribution >= 4 is 6.03 Å². The summed E-state index contributed by atoms with van der Waals surface area (Å²) in [6.07, 6.45) is 0.927. The number of carbonyl (C=O) groups is 1. The summed E-state index contributed by atoms with van der Waals surface area (Å²) in [7, 11) is 7.21. The van der Waals surface area contributed by atoms with Crippen LogP contribution in [0.25, 0.3) is 0 Å². The van der Waals surface area contributed by atoms with Gasteiger partial charge in [-0.1, -0.05) is 6.07 Å². The number of hydrogen-bond donors (Lipinski definition) is 2. The highest BCUT2D eigenvalue weighted by Crippen LogP contribution is 2.27. The van der Waals surface area contributed by atoms with Gasteiger partial charge in [-0.05, 0) is 44.8 Å². The molecule has 0 aliphatic heterocycles. The number of nitrogens with one attached hydrogen (secondary N) is 2. The summed E-state index contributed by atoms with van der Waals surface area (Å²) >= 11 is 0. The van der Waals surface area contributed by atoms with Crippen LogP contribution in [0.2, 0.25) is 0 Å². The second-order valence-electron chi connectivity index (χ2n) is 4.96. The van der Waals surface area contributed by atoms with E-state index in [9.17, 15) is 4.79 Å². The quantitative estimate of drug-likeness (QED) is 0.713. The van der Waals surface area contributed by atoms with Crippen molar-refractivity contribution in [3.05, 3.63) is 23.8 Å². The lowest BCUT2D eigenvalue weighted by molar-refractivity contribution is 0.240. The zero-order valence-electron chi connectivity index (χ0n) is 13.2. The molecule has 6 heteroatoms. The fourth-order valence-electron chi connectivity index (χ4n) is 1.83. The Bertz CT molecular complexity index is 450. The Morgan fingerprint density at radius 3 is 2.48 bits per heavy atom. The van der Waals surface area contributed by atoms with Gasteiger partial charge in [0.25, 0.3) is 0 Å². The molecule has 118 valence electrons. The SMILES string of the molecule is COc1ccc(CNC(=O)NCCCN(C)C)cc1OC. The molecule has 0 spiro atoms. The van der Waals surface area contributed by atoms with E-state index in [2.05, 4.69) is 15.5 Å². The number of carbonyl (C=O) groups excluding carboxylic acids is 1. The highest BCUT2D eigenvalue weighted by Gasteiger charge is 2.05. The largest absolute Gasteiger partial charge is 0.493 e. The smallest absolute Gasteiger partial charge is 0.315 e. The minimum atomic E-state index is -0.163. The molecule has 1 rings (SSSR count). The lowest BCUT2D eigenvalue weighted by Crippen LogP contribution is -2.36. The Labute approximate surface area is 126 Å². The molecule has 0 radical (unpaired) electrons. The molecule has 0 saturated carbocycles. The minimum absolute atomic E-state index is 0.163. The molecule has 0 atom stereocenters. The maximum atomic E-state index is 11.6. The molecular formula is C15H25N3O3. The summed E-state index contributed by atoms with van der Waals surface area (Å²) in [5.74, 6) is 1.33. The molecule has 1 aromatic carbocycles. The minimum Gasteiger partial charge on any atom is -0.493 e. The van der Waals surface area contributed by atoms with Crippen molar-refractivity contribution in [3.8, 4) is 11.5 Å². The van der Waals surface area contributed by atoms with Crippen LogP contribution in [0.3, 0.4) is 0 Å². The average Bonchev–Trinajstić information content (AvgIpc) is 2.48. The van der Waals surface area contributed by atoms with Gasteiger partial charge in [0.1, 0.15) is 0 Å². The van der Waals surface area contributed by atoms with E-state index in [1.165, 1.54) is 0 Å². The second kappa shape index (κ2) is 9.07. The highest BCUT2D eigenvalue weighted by molar-refractivity contribution is 5.73. The Kier molecular flexibility index (Phi) is 7.39. The van der Waals surface area contributed by atoms with Crippen LogP contribution in [0.1, 0.15) is 12.0 Å². The van der Waals surface area contributed by atoms with E-state index >= 15 is 0 Å². The topological polar surface area (TPSA) is 62.8 Å². The van der Waals surface area contributed by atoms with Crippen LogP contribution in [0, 0.1) is 0 Å². The molecule has 0 heterocycles. The van der Waals surface area contributed by atoms with Gasteiger partial charge in [-0.25, -0.2) is 4.79 Å². The number of urea groups is 1. The summed E-state index contributed by atoms with van der Waals surface area (Å²) in [6, 6.07) is 5.41.